The van der Waals surface area contributed by atoms with Gasteiger partial charge in [0.15, 0.2) is 0 Å². The number of hydrogen-bond donors (Lipinski definition) is 1. The van der Waals surface area contributed by atoms with E-state index in [0.29, 0.717) is 12.6 Å². The van der Waals surface area contributed by atoms with Gasteiger partial charge in [-0.2, -0.15) is 11.3 Å². The number of halogens is 1. The summed E-state index contributed by atoms with van der Waals surface area (Å²) < 4.78 is 11.8. The third-order valence-corrected chi connectivity index (χ3v) is 5.30. The average Bonchev–Trinajstić information content (AvgIpc) is 3.38. The molecule has 1 aromatic heterocycles. The Morgan fingerprint density at radius 3 is 2.30 bits per heavy atom. The molecule has 0 spiro atoms. The van der Waals surface area contributed by atoms with Gasteiger partial charge in [-0.15, -0.1) is 12.4 Å². The molecule has 1 saturated heterocycles. The Labute approximate surface area is 170 Å². The van der Waals surface area contributed by atoms with E-state index in [2.05, 4.69) is 46.4 Å². The summed E-state index contributed by atoms with van der Waals surface area (Å²) in [6.45, 7) is 2.55. The number of rotatable bonds is 7. The lowest BCUT2D eigenvalue weighted by molar-refractivity contribution is 0.103. The summed E-state index contributed by atoms with van der Waals surface area (Å²) >= 11 is 1.71. The molecule has 3 nitrogen and oxygen atoms in total. The largest absolute Gasteiger partial charge is 0.457 e. The normalized spacial score (nSPS) is 16.1. The highest BCUT2D eigenvalue weighted by molar-refractivity contribution is 7.08. The van der Waals surface area contributed by atoms with E-state index in [0.717, 1.165) is 24.7 Å². The predicted molar refractivity (Wildman–Crippen MR) is 114 cm³/mol. The first kappa shape index (κ1) is 19.9. The van der Waals surface area contributed by atoms with Crippen LogP contribution in [0.3, 0.4) is 0 Å². The molecule has 27 heavy (non-hydrogen) atoms. The Morgan fingerprint density at radius 2 is 1.67 bits per heavy atom. The number of thiophene rings is 1. The highest BCUT2D eigenvalue weighted by Crippen LogP contribution is 2.27. The highest BCUT2D eigenvalue weighted by Gasteiger charge is 2.13. The number of ether oxygens (including phenoxy) is 2. The molecule has 142 valence electrons. The number of hydrogen-bond acceptors (Lipinski definition) is 4. The van der Waals surface area contributed by atoms with Gasteiger partial charge >= 0.3 is 0 Å². The maximum Gasteiger partial charge on any atom is 0.127 e. The van der Waals surface area contributed by atoms with Crippen LogP contribution in [0.1, 0.15) is 18.4 Å². The molecule has 2 aromatic carbocycles. The summed E-state index contributed by atoms with van der Waals surface area (Å²) in [6.07, 6.45) is 2.48. The van der Waals surface area contributed by atoms with E-state index in [4.69, 9.17) is 9.47 Å². The van der Waals surface area contributed by atoms with Crippen LogP contribution in [-0.2, 0) is 11.3 Å². The van der Waals surface area contributed by atoms with Crippen molar-refractivity contribution in [3.8, 4) is 22.6 Å². The molecule has 0 bridgehead atoms. The lowest BCUT2D eigenvalue weighted by Gasteiger charge is -2.11. The van der Waals surface area contributed by atoms with E-state index in [9.17, 15) is 0 Å². The molecule has 3 aromatic rings. The van der Waals surface area contributed by atoms with Gasteiger partial charge in [-0.1, -0.05) is 24.3 Å². The van der Waals surface area contributed by atoms with Crippen LogP contribution in [0.15, 0.2) is 65.4 Å². The van der Waals surface area contributed by atoms with Gasteiger partial charge in [-0.05, 0) is 77.2 Å². The summed E-state index contributed by atoms with van der Waals surface area (Å²) in [5, 5.41) is 7.69. The molecule has 1 fully saturated rings. The molecule has 4 rings (SSSR count). The van der Waals surface area contributed by atoms with Gasteiger partial charge in [-0.25, -0.2) is 0 Å². The minimum atomic E-state index is 0. The molecule has 0 aliphatic carbocycles. The first-order valence-corrected chi connectivity index (χ1v) is 10.0. The van der Waals surface area contributed by atoms with Gasteiger partial charge < -0.3 is 14.8 Å². The second kappa shape index (κ2) is 9.90. The monoisotopic (exact) mass is 401 g/mol. The first-order chi connectivity index (χ1) is 12.9. The van der Waals surface area contributed by atoms with E-state index >= 15 is 0 Å². The summed E-state index contributed by atoms with van der Waals surface area (Å²) in [4.78, 5) is 0. The topological polar surface area (TPSA) is 30.5 Å². The minimum absolute atomic E-state index is 0. The van der Waals surface area contributed by atoms with E-state index < -0.39 is 0 Å². The van der Waals surface area contributed by atoms with Crippen LogP contribution in [0.5, 0.6) is 11.5 Å². The fourth-order valence-corrected chi connectivity index (χ4v) is 3.82. The van der Waals surface area contributed by atoms with Crippen molar-refractivity contribution in [2.24, 2.45) is 0 Å². The lowest BCUT2D eigenvalue weighted by atomic mass is 10.1. The van der Waals surface area contributed by atoms with Crippen molar-refractivity contribution < 1.29 is 9.47 Å². The maximum absolute atomic E-state index is 5.94. The molecular formula is C22H24ClNO2S. The predicted octanol–water partition coefficient (Wildman–Crippen LogP) is 5.90. The van der Waals surface area contributed by atoms with E-state index in [1.165, 1.54) is 29.5 Å². The second-order valence-electron chi connectivity index (χ2n) is 6.59. The summed E-state index contributed by atoms with van der Waals surface area (Å²) in [7, 11) is 0. The van der Waals surface area contributed by atoms with Crippen molar-refractivity contribution in [1.82, 2.24) is 5.32 Å². The van der Waals surface area contributed by atoms with Crippen LogP contribution < -0.4 is 10.1 Å². The molecular weight excluding hydrogens is 378 g/mol. The molecule has 1 N–H and O–H groups in total. The lowest BCUT2D eigenvalue weighted by Crippen LogP contribution is -2.26. The quantitative estimate of drug-likeness (QED) is 0.534. The van der Waals surface area contributed by atoms with Gasteiger partial charge in [0, 0.05) is 6.04 Å². The van der Waals surface area contributed by atoms with Crippen molar-refractivity contribution >= 4 is 23.7 Å². The zero-order chi connectivity index (χ0) is 17.6. The molecule has 0 radical (unpaired) electrons. The zero-order valence-electron chi connectivity index (χ0n) is 15.1. The summed E-state index contributed by atoms with van der Waals surface area (Å²) in [5.74, 6) is 1.69. The Kier molecular flexibility index (Phi) is 7.30. The molecule has 0 amide bonds. The van der Waals surface area contributed by atoms with Gasteiger partial charge in [0.2, 0.25) is 0 Å². The molecule has 1 aliphatic heterocycles. The highest BCUT2D eigenvalue weighted by atomic mass is 35.5. The minimum Gasteiger partial charge on any atom is -0.457 e. The summed E-state index contributed by atoms with van der Waals surface area (Å²) in [6, 6.07) is 19.0. The molecule has 0 unspecified atom stereocenters. The third kappa shape index (κ3) is 5.56. The second-order valence-corrected chi connectivity index (χ2v) is 7.37. The van der Waals surface area contributed by atoms with Crippen LogP contribution in [0.2, 0.25) is 0 Å². The van der Waals surface area contributed by atoms with Crippen molar-refractivity contribution in [2.75, 3.05) is 13.2 Å². The molecule has 1 atom stereocenters. The Bertz CT molecular complexity index is 797. The van der Waals surface area contributed by atoms with Crippen LogP contribution >= 0.6 is 23.7 Å². The Morgan fingerprint density at radius 1 is 0.926 bits per heavy atom. The average molecular weight is 402 g/mol. The van der Waals surface area contributed by atoms with E-state index in [-0.39, 0.29) is 12.4 Å². The molecule has 1 aliphatic rings. The third-order valence-electron chi connectivity index (χ3n) is 4.62. The molecule has 2 heterocycles. The first-order valence-electron chi connectivity index (χ1n) is 9.07. The van der Waals surface area contributed by atoms with E-state index in [1.807, 2.05) is 24.3 Å². The van der Waals surface area contributed by atoms with Crippen LogP contribution in [0, 0.1) is 0 Å². The van der Waals surface area contributed by atoms with Crippen molar-refractivity contribution in [2.45, 2.75) is 25.5 Å². The van der Waals surface area contributed by atoms with Gasteiger partial charge in [0.05, 0.1) is 13.2 Å². The Balaban J connectivity index is 0.00000210. The number of benzene rings is 2. The van der Waals surface area contributed by atoms with Gasteiger partial charge in [0.25, 0.3) is 0 Å². The van der Waals surface area contributed by atoms with Crippen LogP contribution in [0.4, 0.5) is 0 Å². The van der Waals surface area contributed by atoms with Gasteiger partial charge in [-0.3, -0.25) is 0 Å². The molecule has 0 saturated carbocycles. The van der Waals surface area contributed by atoms with Gasteiger partial charge in [0.1, 0.15) is 11.5 Å². The smallest absolute Gasteiger partial charge is 0.127 e. The van der Waals surface area contributed by atoms with E-state index in [1.54, 1.807) is 11.3 Å². The van der Waals surface area contributed by atoms with Crippen LogP contribution in [-0.4, -0.2) is 19.2 Å². The fourth-order valence-electron chi connectivity index (χ4n) is 3.15. The fraction of sp³-hybridized carbons (Fsp3) is 0.273. The summed E-state index contributed by atoms with van der Waals surface area (Å²) in [5.41, 5.74) is 3.63. The standard InChI is InChI=1S/C22H23NO2S.ClH/c1-2-20(23-12-1)15-24-14-17-3-7-21(8-4-17)25-22-9-5-18(6-10-22)19-11-13-26-16-19;/h3-11,13,16,20,23H,1-2,12,14-15H2;1H/t20-;/m1./s1. The molecule has 5 heteroatoms. The van der Waals surface area contributed by atoms with Crippen molar-refractivity contribution in [1.29, 1.82) is 0 Å². The Hall–Kier alpha value is -1.85. The van der Waals surface area contributed by atoms with Crippen LogP contribution in [0.25, 0.3) is 11.1 Å². The maximum atomic E-state index is 5.94. The number of nitrogens with one attached hydrogen (secondary N) is 1. The van der Waals surface area contributed by atoms with Crippen molar-refractivity contribution in [3.05, 3.63) is 70.9 Å². The zero-order valence-corrected chi connectivity index (χ0v) is 16.7. The SMILES string of the molecule is Cl.c1cc(-c2ccc(Oc3ccc(COC[C@H]4CCCN4)cc3)cc2)cs1. The van der Waals surface area contributed by atoms with Crippen molar-refractivity contribution in [3.63, 3.8) is 0 Å².